The zero-order valence-electron chi connectivity index (χ0n) is 26.3. The predicted molar refractivity (Wildman–Crippen MR) is 195 cm³/mol. The summed E-state index contributed by atoms with van der Waals surface area (Å²) >= 11 is 0. The first-order chi connectivity index (χ1) is 23.0. The third-order valence-electron chi connectivity index (χ3n) is 9.69. The molecule has 9 rings (SSSR count). The molecule has 0 bridgehead atoms. The monoisotopic (exact) mass is 604 g/mol. The van der Waals surface area contributed by atoms with Gasteiger partial charge in [-0.05, 0) is 99.4 Å². The Hall–Kier alpha value is -5.93. The fourth-order valence-electron chi connectivity index (χ4n) is 7.26. The lowest BCUT2D eigenvalue weighted by Crippen LogP contribution is -2.16. The molecule has 3 heteroatoms. The minimum absolute atomic E-state index is 0.0947. The molecule has 7 aromatic carbocycles. The number of rotatable bonds is 5. The van der Waals surface area contributed by atoms with Crippen molar-refractivity contribution in [3.8, 4) is 33.7 Å². The van der Waals surface area contributed by atoms with Crippen LogP contribution in [0.1, 0.15) is 25.0 Å². The molecule has 0 radical (unpaired) electrons. The molecule has 8 aromatic rings. The Balaban J connectivity index is 1.19. The van der Waals surface area contributed by atoms with Crippen LogP contribution in [0.3, 0.4) is 0 Å². The van der Waals surface area contributed by atoms with Gasteiger partial charge < -0.3 is 9.32 Å². The highest BCUT2D eigenvalue weighted by molar-refractivity contribution is 6.05. The molecule has 3 nitrogen and oxygen atoms in total. The first-order valence-corrected chi connectivity index (χ1v) is 16.1. The third kappa shape index (κ3) is 4.46. The fraction of sp³-hybridized carbons (Fsp3) is 0.0682. The number of hydrogen-bond acceptors (Lipinski definition) is 3. The molecule has 1 heterocycles. The first-order valence-electron chi connectivity index (χ1n) is 16.1. The lowest BCUT2D eigenvalue weighted by atomic mass is 9.82. The molecule has 0 saturated carbocycles. The quantitative estimate of drug-likeness (QED) is 0.196. The Morgan fingerprint density at radius 1 is 0.511 bits per heavy atom. The topological polar surface area (TPSA) is 29.3 Å². The average Bonchev–Trinajstić information content (AvgIpc) is 3.67. The maximum absolute atomic E-state index is 6.37. The molecule has 0 amide bonds. The van der Waals surface area contributed by atoms with Crippen molar-refractivity contribution in [2.45, 2.75) is 19.3 Å². The minimum Gasteiger partial charge on any atom is -0.435 e. The van der Waals surface area contributed by atoms with Crippen molar-refractivity contribution < 1.29 is 4.42 Å². The van der Waals surface area contributed by atoms with Crippen molar-refractivity contribution in [2.24, 2.45) is 0 Å². The van der Waals surface area contributed by atoms with Gasteiger partial charge in [-0.2, -0.15) is 0 Å². The summed E-state index contributed by atoms with van der Waals surface area (Å²) < 4.78 is 6.37. The van der Waals surface area contributed by atoms with Crippen LogP contribution in [0.4, 0.5) is 17.1 Å². The number of benzene rings is 7. The number of anilines is 3. The van der Waals surface area contributed by atoms with Gasteiger partial charge in [-0.15, -0.1) is 0 Å². The van der Waals surface area contributed by atoms with Crippen molar-refractivity contribution >= 4 is 38.9 Å². The van der Waals surface area contributed by atoms with E-state index < -0.39 is 0 Å². The highest BCUT2D eigenvalue weighted by atomic mass is 16.3. The molecule has 0 unspecified atom stereocenters. The molecule has 224 valence electrons. The van der Waals surface area contributed by atoms with E-state index in [1.807, 2.05) is 30.3 Å². The lowest BCUT2D eigenvalue weighted by molar-refractivity contribution is 0.623. The van der Waals surface area contributed by atoms with Crippen LogP contribution in [0, 0.1) is 0 Å². The highest BCUT2D eigenvalue weighted by Gasteiger charge is 2.35. The molecule has 0 fully saturated rings. The van der Waals surface area contributed by atoms with Gasteiger partial charge in [0.1, 0.15) is 5.52 Å². The van der Waals surface area contributed by atoms with Gasteiger partial charge in [0.15, 0.2) is 5.58 Å². The van der Waals surface area contributed by atoms with Crippen molar-refractivity contribution in [1.29, 1.82) is 0 Å². The molecule has 1 aliphatic rings. The molecular formula is C44H32N2O. The highest BCUT2D eigenvalue weighted by Crippen LogP contribution is 2.50. The van der Waals surface area contributed by atoms with Gasteiger partial charge in [0.2, 0.25) is 5.89 Å². The van der Waals surface area contributed by atoms with Crippen molar-refractivity contribution in [2.75, 3.05) is 4.90 Å². The molecule has 0 N–H and O–H groups in total. The number of hydrogen-bond donors (Lipinski definition) is 0. The Labute approximate surface area is 274 Å². The van der Waals surface area contributed by atoms with E-state index >= 15 is 0 Å². The molecule has 47 heavy (non-hydrogen) atoms. The summed E-state index contributed by atoms with van der Waals surface area (Å²) in [5.74, 6) is 0.638. The first kappa shape index (κ1) is 27.4. The molecule has 1 aliphatic carbocycles. The number of nitrogens with zero attached hydrogens (tertiary/aromatic N) is 2. The van der Waals surface area contributed by atoms with Gasteiger partial charge in [-0.1, -0.05) is 111 Å². The van der Waals surface area contributed by atoms with Gasteiger partial charge in [0.25, 0.3) is 0 Å². The molecule has 0 aliphatic heterocycles. The number of oxazole rings is 1. The normalized spacial score (nSPS) is 13.1. The van der Waals surface area contributed by atoms with Crippen LogP contribution < -0.4 is 4.90 Å². The van der Waals surface area contributed by atoms with E-state index in [-0.39, 0.29) is 5.41 Å². The summed E-state index contributed by atoms with van der Waals surface area (Å²) in [5, 5.41) is 2.15. The average molecular weight is 605 g/mol. The third-order valence-corrected chi connectivity index (χ3v) is 9.69. The van der Waals surface area contributed by atoms with Gasteiger partial charge in [-0.25, -0.2) is 4.98 Å². The molecular weight excluding hydrogens is 572 g/mol. The van der Waals surface area contributed by atoms with E-state index in [1.54, 1.807) is 0 Å². The summed E-state index contributed by atoms with van der Waals surface area (Å²) in [6, 6.07) is 56.1. The fourth-order valence-corrected chi connectivity index (χ4v) is 7.26. The van der Waals surface area contributed by atoms with E-state index in [2.05, 4.69) is 146 Å². The number of fused-ring (bicyclic) bond motifs is 6. The van der Waals surface area contributed by atoms with Gasteiger partial charge in [0.05, 0.1) is 0 Å². The molecule has 1 aromatic heterocycles. The lowest BCUT2D eigenvalue weighted by Gasteiger charge is -2.28. The van der Waals surface area contributed by atoms with Crippen molar-refractivity contribution in [1.82, 2.24) is 4.98 Å². The minimum atomic E-state index is -0.0947. The van der Waals surface area contributed by atoms with Crippen molar-refractivity contribution in [3.63, 3.8) is 0 Å². The van der Waals surface area contributed by atoms with Crippen LogP contribution in [0.2, 0.25) is 0 Å². The van der Waals surface area contributed by atoms with E-state index in [0.717, 1.165) is 44.5 Å². The summed E-state index contributed by atoms with van der Waals surface area (Å²) in [6.07, 6.45) is 0. The van der Waals surface area contributed by atoms with Crippen LogP contribution >= 0.6 is 0 Å². The van der Waals surface area contributed by atoms with Crippen molar-refractivity contribution in [3.05, 3.63) is 169 Å². The number of aromatic nitrogens is 1. The Morgan fingerprint density at radius 2 is 1.13 bits per heavy atom. The van der Waals surface area contributed by atoms with E-state index in [0.29, 0.717) is 5.89 Å². The second kappa shape index (κ2) is 10.6. The van der Waals surface area contributed by atoms with Gasteiger partial charge in [0, 0.05) is 33.4 Å². The summed E-state index contributed by atoms with van der Waals surface area (Å²) in [6.45, 7) is 4.67. The maximum Gasteiger partial charge on any atom is 0.227 e. The van der Waals surface area contributed by atoms with Crippen LogP contribution in [0.5, 0.6) is 0 Å². The SMILES string of the molecule is CC1(C)c2ccccc2-c2ccc(N(c3ccc(-c4ccccc4)cc3)c3ccc4c(ccc5nc(-c6ccccc6)oc54)c3)cc21. The van der Waals surface area contributed by atoms with Crippen LogP contribution in [0.15, 0.2) is 162 Å². The zero-order valence-corrected chi connectivity index (χ0v) is 26.3. The summed E-state index contributed by atoms with van der Waals surface area (Å²) in [7, 11) is 0. The predicted octanol–water partition coefficient (Wildman–Crippen LogP) is 12.1. The zero-order chi connectivity index (χ0) is 31.5. The summed E-state index contributed by atoms with van der Waals surface area (Å²) in [5.41, 5.74) is 13.6. The molecule has 0 spiro atoms. The summed E-state index contributed by atoms with van der Waals surface area (Å²) in [4.78, 5) is 7.17. The van der Waals surface area contributed by atoms with E-state index in [9.17, 15) is 0 Å². The second-order valence-corrected chi connectivity index (χ2v) is 12.9. The Morgan fingerprint density at radius 3 is 1.91 bits per heavy atom. The largest absolute Gasteiger partial charge is 0.435 e. The van der Waals surface area contributed by atoms with Crippen LogP contribution in [-0.2, 0) is 5.41 Å². The second-order valence-electron chi connectivity index (χ2n) is 12.9. The van der Waals surface area contributed by atoms with Crippen LogP contribution in [-0.4, -0.2) is 4.98 Å². The standard InChI is InChI=1S/C44H32N2O/c1-44(2)39-16-10-9-15-37(39)38-25-23-35(28-40(38)44)46(33-20-17-30(18-21-33)29-11-5-3-6-12-29)34-22-24-36-32(27-34)19-26-41-42(36)47-43(45-41)31-13-7-4-8-14-31/h3-28H,1-2H3. The Bertz CT molecular complexity index is 2420. The molecule has 0 saturated heterocycles. The van der Waals surface area contributed by atoms with Gasteiger partial charge >= 0.3 is 0 Å². The molecule has 0 atom stereocenters. The van der Waals surface area contributed by atoms with Crippen LogP contribution in [0.25, 0.3) is 55.6 Å². The smallest absolute Gasteiger partial charge is 0.227 e. The van der Waals surface area contributed by atoms with Gasteiger partial charge in [-0.3, -0.25) is 0 Å². The maximum atomic E-state index is 6.37. The Kier molecular flexibility index (Phi) is 6.16. The van der Waals surface area contributed by atoms with E-state index in [4.69, 9.17) is 9.40 Å². The van der Waals surface area contributed by atoms with E-state index in [1.165, 1.54) is 33.4 Å².